The minimum absolute atomic E-state index is 0.0436. The van der Waals surface area contributed by atoms with E-state index in [1.165, 1.54) is 22.6 Å². The van der Waals surface area contributed by atoms with Crippen LogP contribution in [0.5, 0.6) is 0 Å². The molecule has 4 N–H and O–H groups in total. The van der Waals surface area contributed by atoms with Crippen LogP contribution >= 0.6 is 22.6 Å². The standard InChI is InChI=1S/C41H52IN5O9S/c1-5-44-57(52,53)31-19-17-27(18-20-31)22-36(48)47-25-30(54-26-29-15-13-28(24-42)14-16-29)23-34(47)38(50)45-33(11-8-9-21-43-40(51)56-41(2,3)4)37(49)39-46-32-10-6-7-12-35(32)55-39/h6-7,10,12-20,30,33-34,37,44,49H,5,8-9,11,21-26H2,1-4H3,(H,43,51)(H,45,50)/t30-,33+,34+,37?/m1/s1. The second-order valence-corrected chi connectivity index (χ2v) is 17.5. The Morgan fingerprint density at radius 1 is 1.00 bits per heavy atom. The summed E-state index contributed by atoms with van der Waals surface area (Å²) < 4.78 is 45.8. The van der Waals surface area contributed by atoms with Crippen molar-refractivity contribution in [3.8, 4) is 0 Å². The molecule has 1 aliphatic heterocycles. The van der Waals surface area contributed by atoms with Gasteiger partial charge in [-0.3, -0.25) is 9.59 Å². The van der Waals surface area contributed by atoms with E-state index in [-0.39, 0.29) is 42.6 Å². The third kappa shape index (κ3) is 12.7. The highest BCUT2D eigenvalue weighted by atomic mass is 127. The zero-order valence-electron chi connectivity index (χ0n) is 32.7. The first-order valence-corrected chi connectivity index (χ1v) is 22.1. The van der Waals surface area contributed by atoms with Gasteiger partial charge in [-0.1, -0.05) is 78.0 Å². The van der Waals surface area contributed by atoms with Crippen molar-refractivity contribution in [2.45, 2.75) is 106 Å². The van der Waals surface area contributed by atoms with Gasteiger partial charge < -0.3 is 34.5 Å². The number of aromatic nitrogens is 1. The molecule has 308 valence electrons. The number of nitrogens with zero attached hydrogens (tertiary/aromatic N) is 2. The molecule has 0 aliphatic carbocycles. The van der Waals surface area contributed by atoms with E-state index in [0.717, 1.165) is 9.99 Å². The number of aliphatic hydroxyl groups is 1. The SMILES string of the molecule is CCNS(=O)(=O)c1ccc(CC(=O)N2C[C@H](OCc3ccc(CI)cc3)C[C@H]2C(=O)N[C@@H](CCCCNC(=O)OC(C)(C)C)C(O)c2nc3ccccc3o2)cc1. The number of aliphatic hydroxyl groups excluding tert-OH is 1. The maximum Gasteiger partial charge on any atom is 0.407 e. The topological polar surface area (TPSA) is 189 Å². The van der Waals surface area contributed by atoms with Gasteiger partial charge in [0, 0.05) is 30.5 Å². The molecule has 2 heterocycles. The number of unbranched alkanes of at least 4 members (excludes halogenated alkanes) is 1. The molecule has 0 radical (unpaired) electrons. The van der Waals surface area contributed by atoms with Gasteiger partial charge in [-0.2, -0.15) is 0 Å². The minimum Gasteiger partial charge on any atom is -0.444 e. The molecule has 0 bridgehead atoms. The van der Waals surface area contributed by atoms with E-state index in [0.29, 0.717) is 49.1 Å². The fraction of sp³-hybridized carbons (Fsp3) is 0.463. The summed E-state index contributed by atoms with van der Waals surface area (Å²) in [6.07, 6.45) is -0.826. The summed E-state index contributed by atoms with van der Waals surface area (Å²) in [5.41, 5.74) is 3.14. The molecule has 16 heteroatoms. The highest BCUT2D eigenvalue weighted by Gasteiger charge is 2.41. The summed E-state index contributed by atoms with van der Waals surface area (Å²) in [5.74, 6) is -0.763. The predicted molar refractivity (Wildman–Crippen MR) is 223 cm³/mol. The number of alkyl carbamates (subject to hydrolysis) is 1. The van der Waals surface area contributed by atoms with Crippen LogP contribution in [0.1, 0.15) is 82.1 Å². The smallest absolute Gasteiger partial charge is 0.407 e. The number of carbonyl (C=O) groups excluding carboxylic acids is 3. The third-order valence-corrected chi connectivity index (χ3v) is 11.8. The van der Waals surface area contributed by atoms with E-state index in [1.54, 1.807) is 58.0 Å². The summed E-state index contributed by atoms with van der Waals surface area (Å²) in [5, 5.41) is 17.3. The molecule has 1 fully saturated rings. The van der Waals surface area contributed by atoms with E-state index >= 15 is 0 Å². The van der Waals surface area contributed by atoms with Crippen molar-refractivity contribution in [3.05, 3.63) is 95.4 Å². The summed E-state index contributed by atoms with van der Waals surface area (Å²) >= 11 is 2.30. The van der Waals surface area contributed by atoms with E-state index in [2.05, 4.69) is 42.9 Å². The minimum atomic E-state index is -3.67. The van der Waals surface area contributed by atoms with Gasteiger partial charge in [0.1, 0.15) is 17.2 Å². The monoisotopic (exact) mass is 917 g/mol. The maximum absolute atomic E-state index is 14.3. The van der Waals surface area contributed by atoms with Crippen molar-refractivity contribution in [2.24, 2.45) is 0 Å². The normalized spacial score (nSPS) is 17.0. The zero-order valence-corrected chi connectivity index (χ0v) is 35.7. The van der Waals surface area contributed by atoms with Crippen LogP contribution in [0.4, 0.5) is 4.79 Å². The molecule has 5 rings (SSSR count). The molecule has 1 aromatic heterocycles. The fourth-order valence-corrected chi connectivity index (χ4v) is 8.04. The Kier molecular flexibility index (Phi) is 15.5. The molecule has 1 unspecified atom stereocenters. The number of ether oxygens (including phenoxy) is 2. The van der Waals surface area contributed by atoms with Crippen molar-refractivity contribution in [2.75, 3.05) is 19.6 Å². The van der Waals surface area contributed by atoms with Crippen LogP contribution in [-0.4, -0.2) is 84.7 Å². The maximum atomic E-state index is 14.3. The molecular weight excluding hydrogens is 865 g/mol. The number of amides is 3. The lowest BCUT2D eigenvalue weighted by atomic mass is 10.0. The number of hydrogen-bond donors (Lipinski definition) is 4. The number of hydrogen-bond acceptors (Lipinski definition) is 10. The molecule has 1 saturated heterocycles. The van der Waals surface area contributed by atoms with Crippen molar-refractivity contribution >= 4 is 61.6 Å². The summed E-state index contributed by atoms with van der Waals surface area (Å²) in [4.78, 5) is 46.5. The third-order valence-electron chi connectivity index (χ3n) is 9.35. The Bertz CT molecular complexity index is 2040. The number of likely N-dealkylation sites (tertiary alicyclic amines) is 1. The number of fused-ring (bicyclic) bond motifs is 1. The van der Waals surface area contributed by atoms with Gasteiger partial charge in [-0.15, -0.1) is 0 Å². The summed E-state index contributed by atoms with van der Waals surface area (Å²) in [6, 6.07) is 19.5. The first-order chi connectivity index (χ1) is 27.2. The molecule has 0 spiro atoms. The Labute approximate surface area is 347 Å². The Balaban J connectivity index is 1.32. The van der Waals surface area contributed by atoms with Gasteiger partial charge in [0.15, 0.2) is 11.7 Å². The molecule has 3 amide bonds. The fourth-order valence-electron chi connectivity index (χ4n) is 6.49. The van der Waals surface area contributed by atoms with E-state index in [9.17, 15) is 27.9 Å². The summed E-state index contributed by atoms with van der Waals surface area (Å²) in [6.45, 7) is 8.05. The molecule has 1 aliphatic rings. The number of para-hydroxylation sites is 2. The van der Waals surface area contributed by atoms with E-state index in [4.69, 9.17) is 13.9 Å². The second kappa shape index (κ2) is 20.0. The zero-order chi connectivity index (χ0) is 41.2. The first-order valence-electron chi connectivity index (χ1n) is 19.1. The van der Waals surface area contributed by atoms with Gasteiger partial charge in [0.2, 0.25) is 27.7 Å². The van der Waals surface area contributed by atoms with Crippen LogP contribution < -0.4 is 15.4 Å². The van der Waals surface area contributed by atoms with Gasteiger partial charge in [0.25, 0.3) is 0 Å². The predicted octanol–water partition coefficient (Wildman–Crippen LogP) is 5.70. The van der Waals surface area contributed by atoms with Crippen LogP contribution in [0.25, 0.3) is 11.1 Å². The molecule has 3 aromatic carbocycles. The van der Waals surface area contributed by atoms with Crippen LogP contribution in [0, 0.1) is 0 Å². The van der Waals surface area contributed by atoms with Crippen LogP contribution in [0.15, 0.2) is 82.1 Å². The lowest BCUT2D eigenvalue weighted by molar-refractivity contribution is -0.138. The van der Waals surface area contributed by atoms with Crippen molar-refractivity contribution in [1.29, 1.82) is 0 Å². The average molecular weight is 918 g/mol. The first kappa shape index (κ1) is 44.0. The van der Waals surface area contributed by atoms with Crippen LogP contribution in [0.3, 0.4) is 0 Å². The van der Waals surface area contributed by atoms with Crippen LogP contribution in [-0.2, 0) is 46.5 Å². The number of nitrogens with one attached hydrogen (secondary N) is 3. The lowest BCUT2D eigenvalue weighted by Gasteiger charge is -2.28. The van der Waals surface area contributed by atoms with Gasteiger partial charge >= 0.3 is 6.09 Å². The molecule has 14 nitrogen and oxygen atoms in total. The number of carbonyl (C=O) groups is 3. The van der Waals surface area contributed by atoms with Crippen LogP contribution in [0.2, 0.25) is 0 Å². The molecule has 4 atom stereocenters. The molecule has 4 aromatic rings. The van der Waals surface area contributed by atoms with Gasteiger partial charge in [0.05, 0.1) is 30.1 Å². The molecule has 57 heavy (non-hydrogen) atoms. The molecular formula is C41H52IN5O9S. The number of oxazole rings is 1. The average Bonchev–Trinajstić information content (AvgIpc) is 3.81. The van der Waals surface area contributed by atoms with Crippen molar-refractivity contribution < 1.29 is 41.8 Å². The Hall–Kier alpha value is -4.10. The number of halogens is 1. The van der Waals surface area contributed by atoms with Gasteiger partial charge in [-0.05, 0) is 81.0 Å². The van der Waals surface area contributed by atoms with E-state index < -0.39 is 51.9 Å². The highest BCUT2D eigenvalue weighted by Crippen LogP contribution is 2.28. The Morgan fingerprint density at radius 2 is 1.68 bits per heavy atom. The largest absolute Gasteiger partial charge is 0.444 e. The number of alkyl halides is 1. The number of rotatable bonds is 18. The second-order valence-electron chi connectivity index (χ2n) is 15.0. The van der Waals surface area contributed by atoms with E-state index in [1.807, 2.05) is 30.3 Å². The lowest BCUT2D eigenvalue weighted by Crippen LogP contribution is -2.50. The van der Waals surface area contributed by atoms with Gasteiger partial charge in [-0.25, -0.2) is 22.9 Å². The highest BCUT2D eigenvalue weighted by molar-refractivity contribution is 14.1. The van der Waals surface area contributed by atoms with Crippen molar-refractivity contribution in [1.82, 2.24) is 25.2 Å². The quantitative estimate of drug-likeness (QED) is 0.0548. The summed E-state index contributed by atoms with van der Waals surface area (Å²) in [7, 11) is -3.67. The van der Waals surface area contributed by atoms with Crippen molar-refractivity contribution in [3.63, 3.8) is 0 Å². The Morgan fingerprint density at radius 3 is 2.35 bits per heavy atom. The molecule has 0 saturated carbocycles. The number of sulfonamides is 1. The number of benzene rings is 3.